The van der Waals surface area contributed by atoms with E-state index in [1.807, 2.05) is 20.8 Å². The molecule has 16 heavy (non-hydrogen) atoms. The Labute approximate surface area is 99.4 Å². The topological polar surface area (TPSA) is 73.8 Å². The summed E-state index contributed by atoms with van der Waals surface area (Å²) in [5.41, 5.74) is -0.198. The van der Waals surface area contributed by atoms with Crippen molar-refractivity contribution >= 4 is 11.8 Å². The van der Waals surface area contributed by atoms with Gasteiger partial charge in [0.1, 0.15) is 5.69 Å². The van der Waals surface area contributed by atoms with Crippen LogP contribution in [-0.2, 0) is 5.41 Å². The summed E-state index contributed by atoms with van der Waals surface area (Å²) in [6, 6.07) is 0. The van der Waals surface area contributed by atoms with Crippen LogP contribution in [0.1, 0.15) is 39.8 Å². The van der Waals surface area contributed by atoms with Crippen LogP contribution in [-0.4, -0.2) is 20.6 Å². The van der Waals surface area contributed by atoms with E-state index in [1.165, 1.54) is 11.8 Å². The first kappa shape index (κ1) is 13.0. The molecule has 0 radical (unpaired) electrons. The summed E-state index contributed by atoms with van der Waals surface area (Å²) in [6.07, 6.45) is 1.00. The number of aromatic nitrogens is 3. The average molecular weight is 242 g/mol. The van der Waals surface area contributed by atoms with Crippen LogP contribution in [0, 0.1) is 0 Å². The lowest BCUT2D eigenvalue weighted by atomic mass is 9.93. The van der Waals surface area contributed by atoms with E-state index >= 15 is 0 Å². The summed E-state index contributed by atoms with van der Waals surface area (Å²) in [4.78, 5) is 11.9. The lowest BCUT2D eigenvalue weighted by Crippen LogP contribution is -2.37. The van der Waals surface area contributed by atoms with E-state index in [0.717, 1.165) is 16.8 Å². The van der Waals surface area contributed by atoms with E-state index in [9.17, 15) is 4.79 Å². The Hall–Kier alpha value is -1.04. The normalized spacial score (nSPS) is 11.8. The lowest BCUT2D eigenvalue weighted by molar-refractivity contribution is 0.520. The van der Waals surface area contributed by atoms with Gasteiger partial charge >= 0.3 is 0 Å². The Kier molecular flexibility index (Phi) is 3.96. The molecule has 0 aliphatic rings. The van der Waals surface area contributed by atoms with Gasteiger partial charge in [0.2, 0.25) is 5.16 Å². The van der Waals surface area contributed by atoms with Gasteiger partial charge in [-0.1, -0.05) is 39.5 Å². The van der Waals surface area contributed by atoms with Crippen molar-refractivity contribution < 1.29 is 0 Å². The zero-order valence-electron chi connectivity index (χ0n) is 10.1. The molecule has 0 aliphatic carbocycles. The minimum Gasteiger partial charge on any atom is -0.334 e. The molecule has 1 aromatic heterocycles. The third-order valence-electron chi connectivity index (χ3n) is 2.01. The van der Waals surface area contributed by atoms with Crippen molar-refractivity contribution in [3.63, 3.8) is 0 Å². The van der Waals surface area contributed by atoms with Crippen LogP contribution in [0.4, 0.5) is 0 Å². The molecule has 0 bridgehead atoms. The van der Waals surface area contributed by atoms with Gasteiger partial charge < -0.3 is 5.84 Å². The maximum absolute atomic E-state index is 11.9. The average Bonchev–Trinajstić information content (AvgIpc) is 2.18. The van der Waals surface area contributed by atoms with E-state index in [4.69, 9.17) is 5.84 Å². The molecular formula is C10H18N4OS. The standard InChI is InChI=1S/C10H18N4OS/c1-5-6-16-9-13-12-7(10(2,3)4)8(15)14(9)11/h5-6,11H2,1-4H3. The molecule has 0 aromatic carbocycles. The predicted octanol–water partition coefficient (Wildman–Crippen LogP) is 1.15. The number of nitrogens with two attached hydrogens (primary N) is 1. The van der Waals surface area contributed by atoms with Crippen LogP contribution in [0.25, 0.3) is 0 Å². The third kappa shape index (κ3) is 2.75. The molecule has 6 heteroatoms. The van der Waals surface area contributed by atoms with Gasteiger partial charge in [-0.15, -0.1) is 10.2 Å². The van der Waals surface area contributed by atoms with E-state index in [2.05, 4.69) is 17.1 Å². The van der Waals surface area contributed by atoms with Crippen molar-refractivity contribution in [3.8, 4) is 0 Å². The molecule has 0 amide bonds. The Morgan fingerprint density at radius 2 is 2.00 bits per heavy atom. The zero-order chi connectivity index (χ0) is 12.3. The summed E-state index contributed by atoms with van der Waals surface area (Å²) in [5, 5.41) is 8.45. The van der Waals surface area contributed by atoms with Crippen molar-refractivity contribution in [3.05, 3.63) is 16.0 Å². The quantitative estimate of drug-likeness (QED) is 0.636. The zero-order valence-corrected chi connectivity index (χ0v) is 11.0. The molecule has 0 spiro atoms. The number of nitrogen functional groups attached to an aromatic ring is 1. The van der Waals surface area contributed by atoms with E-state index in [-0.39, 0.29) is 11.0 Å². The van der Waals surface area contributed by atoms with Gasteiger partial charge in [0.15, 0.2) is 0 Å². The molecule has 1 aromatic rings. The molecule has 0 atom stereocenters. The Balaban J connectivity index is 3.14. The van der Waals surface area contributed by atoms with Gasteiger partial charge in [-0.2, -0.15) is 4.68 Å². The molecule has 0 unspecified atom stereocenters. The molecule has 2 N–H and O–H groups in total. The highest BCUT2D eigenvalue weighted by Gasteiger charge is 2.22. The highest BCUT2D eigenvalue weighted by atomic mass is 32.2. The third-order valence-corrected chi connectivity index (χ3v) is 3.16. The number of thioether (sulfide) groups is 1. The van der Waals surface area contributed by atoms with Gasteiger partial charge in [-0.25, -0.2) is 0 Å². The summed E-state index contributed by atoms with van der Waals surface area (Å²) in [5.74, 6) is 6.58. The monoisotopic (exact) mass is 242 g/mol. The van der Waals surface area contributed by atoms with E-state index in [0.29, 0.717) is 10.9 Å². The fraction of sp³-hybridized carbons (Fsp3) is 0.700. The van der Waals surface area contributed by atoms with Gasteiger partial charge in [-0.05, 0) is 6.42 Å². The van der Waals surface area contributed by atoms with Crippen LogP contribution in [0.15, 0.2) is 9.95 Å². The predicted molar refractivity (Wildman–Crippen MR) is 66.2 cm³/mol. The maximum atomic E-state index is 11.9. The molecule has 0 saturated heterocycles. The molecule has 0 fully saturated rings. The fourth-order valence-corrected chi connectivity index (χ4v) is 1.85. The van der Waals surface area contributed by atoms with Gasteiger partial charge in [-0.3, -0.25) is 4.79 Å². The van der Waals surface area contributed by atoms with E-state index < -0.39 is 0 Å². The van der Waals surface area contributed by atoms with E-state index in [1.54, 1.807) is 0 Å². The molecule has 1 rings (SSSR count). The fourth-order valence-electron chi connectivity index (χ4n) is 1.15. The van der Waals surface area contributed by atoms with Gasteiger partial charge in [0.05, 0.1) is 0 Å². The number of hydrogen-bond donors (Lipinski definition) is 1. The van der Waals surface area contributed by atoms with Crippen molar-refractivity contribution in [1.82, 2.24) is 14.9 Å². The summed E-state index contributed by atoms with van der Waals surface area (Å²) in [6.45, 7) is 7.80. The van der Waals surface area contributed by atoms with Crippen LogP contribution in [0.2, 0.25) is 0 Å². The number of nitrogens with zero attached hydrogens (tertiary/aromatic N) is 3. The second-order valence-corrected chi connectivity index (χ2v) is 5.67. The molecular weight excluding hydrogens is 224 g/mol. The molecule has 1 heterocycles. The first-order valence-corrected chi connectivity index (χ1v) is 6.24. The van der Waals surface area contributed by atoms with Crippen LogP contribution >= 0.6 is 11.8 Å². The van der Waals surface area contributed by atoms with Gasteiger partial charge in [0, 0.05) is 11.2 Å². The summed E-state index contributed by atoms with van der Waals surface area (Å²) in [7, 11) is 0. The lowest BCUT2D eigenvalue weighted by Gasteiger charge is -2.17. The van der Waals surface area contributed by atoms with Crippen molar-refractivity contribution in [2.24, 2.45) is 0 Å². The highest BCUT2D eigenvalue weighted by Crippen LogP contribution is 2.17. The summed E-state index contributed by atoms with van der Waals surface area (Å²) < 4.78 is 1.09. The van der Waals surface area contributed by atoms with Crippen LogP contribution < -0.4 is 11.4 Å². The second-order valence-electron chi connectivity index (χ2n) is 4.60. The second kappa shape index (κ2) is 4.86. The van der Waals surface area contributed by atoms with Crippen molar-refractivity contribution in [1.29, 1.82) is 0 Å². The van der Waals surface area contributed by atoms with Crippen LogP contribution in [0.5, 0.6) is 0 Å². The number of rotatable bonds is 3. The summed E-state index contributed by atoms with van der Waals surface area (Å²) >= 11 is 1.44. The Morgan fingerprint density at radius 3 is 2.50 bits per heavy atom. The smallest absolute Gasteiger partial charge is 0.295 e. The minimum atomic E-state index is -0.334. The number of hydrogen-bond acceptors (Lipinski definition) is 5. The molecule has 0 aliphatic heterocycles. The van der Waals surface area contributed by atoms with Gasteiger partial charge in [0.25, 0.3) is 5.56 Å². The van der Waals surface area contributed by atoms with Crippen molar-refractivity contribution in [2.75, 3.05) is 11.6 Å². The molecule has 5 nitrogen and oxygen atoms in total. The Morgan fingerprint density at radius 1 is 1.38 bits per heavy atom. The largest absolute Gasteiger partial charge is 0.334 e. The van der Waals surface area contributed by atoms with Crippen LogP contribution in [0.3, 0.4) is 0 Å². The maximum Gasteiger partial charge on any atom is 0.295 e. The first-order valence-electron chi connectivity index (χ1n) is 5.26. The minimum absolute atomic E-state index is 0.263. The molecule has 90 valence electrons. The highest BCUT2D eigenvalue weighted by molar-refractivity contribution is 7.99. The molecule has 0 saturated carbocycles. The van der Waals surface area contributed by atoms with Crippen molar-refractivity contribution in [2.45, 2.75) is 44.7 Å². The first-order chi connectivity index (χ1) is 7.38. The SMILES string of the molecule is CCCSc1nnc(C(C)(C)C)c(=O)n1N. The Bertz CT molecular complexity index is 422.